The molecule has 0 aromatic heterocycles. The van der Waals surface area contributed by atoms with Gasteiger partial charge >= 0.3 is 0 Å². The van der Waals surface area contributed by atoms with Crippen LogP contribution in [0.25, 0.3) is 11.1 Å². The first kappa shape index (κ1) is 17.7. The minimum absolute atomic E-state index is 0.128. The van der Waals surface area contributed by atoms with Crippen LogP contribution < -0.4 is 0 Å². The summed E-state index contributed by atoms with van der Waals surface area (Å²) < 4.78 is 0. The Labute approximate surface area is 153 Å². The molecule has 1 unspecified atom stereocenters. The van der Waals surface area contributed by atoms with E-state index in [1.165, 1.54) is 0 Å². The van der Waals surface area contributed by atoms with Gasteiger partial charge in [-0.2, -0.15) is 0 Å². The zero-order chi connectivity index (χ0) is 18.1. The highest BCUT2D eigenvalue weighted by Crippen LogP contribution is 2.40. The Morgan fingerprint density at radius 2 is 1.28 bits per heavy atom. The topological polar surface area (TPSA) is 20.2 Å². The molecule has 2 heteroatoms. The molecule has 25 heavy (non-hydrogen) atoms. The maximum atomic E-state index is 11.4. The minimum Gasteiger partial charge on any atom is -0.385 e. The molecule has 0 aliphatic heterocycles. The van der Waals surface area contributed by atoms with Gasteiger partial charge < -0.3 is 5.11 Å². The van der Waals surface area contributed by atoms with Crippen LogP contribution in [-0.4, -0.2) is 15.3 Å². The van der Waals surface area contributed by atoms with Crippen molar-refractivity contribution < 1.29 is 5.11 Å². The molecule has 0 spiro atoms. The van der Waals surface area contributed by atoms with Crippen molar-refractivity contribution in [1.29, 1.82) is 0 Å². The molecule has 1 N–H and O–H groups in total. The molecule has 125 valence electrons. The number of benzene rings is 3. The van der Waals surface area contributed by atoms with Crippen molar-refractivity contribution in [2.45, 2.75) is 31.4 Å². The molecular weight excluding hydrogens is 320 g/mol. The third kappa shape index (κ3) is 3.46. The summed E-state index contributed by atoms with van der Waals surface area (Å²) in [4.78, 5) is 0. The Morgan fingerprint density at radius 3 is 1.84 bits per heavy atom. The molecule has 3 rings (SSSR count). The minimum atomic E-state index is -1.24. The highest BCUT2D eigenvalue weighted by Gasteiger charge is 2.33. The van der Waals surface area contributed by atoms with E-state index in [-0.39, 0.29) is 5.41 Å². The lowest BCUT2D eigenvalue weighted by molar-refractivity contribution is 0.169. The first-order valence-corrected chi connectivity index (χ1v) is 9.04. The largest absolute Gasteiger partial charge is 0.385 e. The zero-order valence-electron chi connectivity index (χ0n) is 15.0. The molecule has 0 heterocycles. The second-order valence-corrected chi connectivity index (χ2v) is 8.14. The standard InChI is InChI=1S/C23H23OSi/c1-22(2,3)21-19(17-11-6-4-7-12-17)15-10-16-20(21)23(24,25)18-13-8-5-9-14-18/h4-16,24H,1-3H3. The van der Waals surface area contributed by atoms with Gasteiger partial charge in [0.15, 0.2) is 0 Å². The molecule has 0 aliphatic rings. The van der Waals surface area contributed by atoms with E-state index in [9.17, 15) is 5.11 Å². The monoisotopic (exact) mass is 343 g/mol. The van der Waals surface area contributed by atoms with Gasteiger partial charge in [0, 0.05) is 0 Å². The molecule has 0 amide bonds. The van der Waals surface area contributed by atoms with Crippen LogP contribution in [0.4, 0.5) is 0 Å². The van der Waals surface area contributed by atoms with Gasteiger partial charge in [0.2, 0.25) is 0 Å². The predicted molar refractivity (Wildman–Crippen MR) is 106 cm³/mol. The summed E-state index contributed by atoms with van der Waals surface area (Å²) in [7, 11) is 3.67. The summed E-state index contributed by atoms with van der Waals surface area (Å²) in [6, 6.07) is 26.2. The Hall–Kier alpha value is -2.16. The van der Waals surface area contributed by atoms with E-state index in [1.807, 2.05) is 60.7 Å². The molecule has 3 aromatic rings. The lowest BCUT2D eigenvalue weighted by atomic mass is 9.76. The smallest absolute Gasteiger partial charge is 0.0956 e. The van der Waals surface area contributed by atoms with Crippen LogP contribution in [0, 0.1) is 0 Å². The van der Waals surface area contributed by atoms with Crippen molar-refractivity contribution >= 4 is 10.2 Å². The Kier molecular flexibility index (Phi) is 4.68. The quantitative estimate of drug-likeness (QED) is 0.663. The fourth-order valence-corrected chi connectivity index (χ4v) is 3.73. The lowest BCUT2D eigenvalue weighted by Gasteiger charge is -2.34. The van der Waals surface area contributed by atoms with Gasteiger partial charge in [-0.15, -0.1) is 0 Å². The van der Waals surface area contributed by atoms with Crippen molar-refractivity contribution in [3.8, 4) is 11.1 Å². The number of hydrogen-bond acceptors (Lipinski definition) is 1. The van der Waals surface area contributed by atoms with E-state index in [0.717, 1.165) is 27.8 Å². The highest BCUT2D eigenvalue weighted by molar-refractivity contribution is 6.17. The Morgan fingerprint density at radius 1 is 0.720 bits per heavy atom. The van der Waals surface area contributed by atoms with Crippen molar-refractivity contribution in [3.05, 3.63) is 95.6 Å². The average Bonchev–Trinajstić information content (AvgIpc) is 2.62. The number of aliphatic hydroxyl groups is 1. The van der Waals surface area contributed by atoms with Gasteiger partial charge in [0.1, 0.15) is 0 Å². The fraction of sp³-hybridized carbons (Fsp3) is 0.217. The van der Waals surface area contributed by atoms with Gasteiger partial charge in [-0.25, -0.2) is 0 Å². The molecule has 0 saturated carbocycles. The molecule has 1 atom stereocenters. The molecule has 0 aliphatic carbocycles. The number of hydrogen-bond donors (Lipinski definition) is 1. The highest BCUT2D eigenvalue weighted by atomic mass is 28.1. The van der Waals surface area contributed by atoms with E-state index in [1.54, 1.807) is 0 Å². The van der Waals surface area contributed by atoms with E-state index in [0.29, 0.717) is 0 Å². The Balaban J connectivity index is 2.28. The van der Waals surface area contributed by atoms with Gasteiger partial charge in [-0.1, -0.05) is 99.6 Å². The second kappa shape index (κ2) is 6.62. The molecule has 1 nitrogen and oxygen atoms in total. The summed E-state index contributed by atoms with van der Waals surface area (Å²) in [5.41, 5.74) is 5.02. The molecule has 0 fully saturated rings. The van der Waals surface area contributed by atoms with E-state index in [2.05, 4.69) is 49.2 Å². The lowest BCUT2D eigenvalue weighted by Crippen LogP contribution is -2.32. The van der Waals surface area contributed by atoms with Crippen molar-refractivity contribution in [2.75, 3.05) is 0 Å². The maximum absolute atomic E-state index is 11.4. The summed E-state index contributed by atoms with van der Waals surface area (Å²) in [6.07, 6.45) is 0. The molecule has 3 radical (unpaired) electrons. The van der Waals surface area contributed by atoms with Crippen LogP contribution in [0.5, 0.6) is 0 Å². The third-order valence-corrected chi connectivity index (χ3v) is 5.04. The first-order chi connectivity index (χ1) is 11.8. The van der Waals surface area contributed by atoms with E-state index in [4.69, 9.17) is 0 Å². The van der Waals surface area contributed by atoms with Crippen molar-refractivity contribution in [1.82, 2.24) is 0 Å². The fourth-order valence-electron chi connectivity index (χ4n) is 3.35. The van der Waals surface area contributed by atoms with E-state index >= 15 is 0 Å². The van der Waals surface area contributed by atoms with E-state index < -0.39 is 5.22 Å². The normalized spacial score (nSPS) is 14.1. The van der Waals surface area contributed by atoms with Gasteiger partial charge in [-0.05, 0) is 33.2 Å². The molecule has 0 bridgehead atoms. The summed E-state index contributed by atoms with van der Waals surface area (Å²) in [6.45, 7) is 6.56. The Bertz CT molecular complexity index is 846. The SMILES string of the molecule is CC(C)(C)c1c(-c2ccccc2)cccc1C(O)([Si])c1ccccc1. The van der Waals surface area contributed by atoms with Gasteiger partial charge in [0.05, 0.1) is 15.5 Å². The molecular formula is C23H23OSi. The second-order valence-electron chi connectivity index (χ2n) is 7.42. The van der Waals surface area contributed by atoms with Crippen LogP contribution in [0.1, 0.15) is 37.5 Å². The van der Waals surface area contributed by atoms with Gasteiger partial charge in [-0.3, -0.25) is 0 Å². The van der Waals surface area contributed by atoms with Crippen LogP contribution in [-0.2, 0) is 10.6 Å². The summed E-state index contributed by atoms with van der Waals surface area (Å²) in [5, 5.41) is 10.1. The van der Waals surface area contributed by atoms with Crippen LogP contribution in [0.3, 0.4) is 0 Å². The average molecular weight is 344 g/mol. The predicted octanol–water partition coefficient (Wildman–Crippen LogP) is 5.01. The molecule has 3 aromatic carbocycles. The summed E-state index contributed by atoms with van der Waals surface area (Å²) >= 11 is 0. The first-order valence-electron chi connectivity index (χ1n) is 8.54. The van der Waals surface area contributed by atoms with Crippen LogP contribution >= 0.6 is 0 Å². The van der Waals surface area contributed by atoms with Gasteiger partial charge in [0.25, 0.3) is 0 Å². The summed E-state index contributed by atoms with van der Waals surface area (Å²) in [5.74, 6) is 0. The molecule has 0 saturated heterocycles. The maximum Gasteiger partial charge on any atom is 0.0956 e. The number of rotatable bonds is 3. The zero-order valence-corrected chi connectivity index (χ0v) is 16.0. The third-order valence-electron chi connectivity index (χ3n) is 4.48. The van der Waals surface area contributed by atoms with Crippen LogP contribution in [0.2, 0.25) is 0 Å². The van der Waals surface area contributed by atoms with Crippen molar-refractivity contribution in [3.63, 3.8) is 0 Å². The van der Waals surface area contributed by atoms with Crippen LogP contribution in [0.15, 0.2) is 78.9 Å². The van der Waals surface area contributed by atoms with Crippen molar-refractivity contribution in [2.24, 2.45) is 0 Å².